The van der Waals surface area contributed by atoms with Gasteiger partial charge in [-0.2, -0.15) is 0 Å². The van der Waals surface area contributed by atoms with Gasteiger partial charge in [0.25, 0.3) is 0 Å². The molecule has 0 spiro atoms. The van der Waals surface area contributed by atoms with Crippen molar-refractivity contribution in [3.8, 4) is 0 Å². The lowest BCUT2D eigenvalue weighted by atomic mass is 9.87. The number of hydrogen-bond acceptors (Lipinski definition) is 4. The van der Waals surface area contributed by atoms with Crippen LogP contribution in [-0.4, -0.2) is 36.7 Å². The highest BCUT2D eigenvalue weighted by molar-refractivity contribution is 5.78. The first-order valence-corrected chi connectivity index (χ1v) is 27.6. The number of nitrogens with two attached hydrogens (primary N) is 1. The number of fused-ring (bicyclic) bond motifs is 3. The molecule has 0 fully saturated rings. The van der Waals surface area contributed by atoms with Crippen molar-refractivity contribution in [2.75, 3.05) is 19.6 Å². The van der Waals surface area contributed by atoms with Crippen LogP contribution >= 0.6 is 0 Å². The van der Waals surface area contributed by atoms with Crippen LogP contribution in [0, 0.1) is 0 Å². The van der Waals surface area contributed by atoms with Gasteiger partial charge in [-0.25, -0.2) is 0 Å². The first-order chi connectivity index (χ1) is 35.9. The van der Waals surface area contributed by atoms with E-state index in [4.69, 9.17) is 5.73 Å². The smallest absolute Gasteiger partial charge is 0.222 e. The molecule has 0 bridgehead atoms. The van der Waals surface area contributed by atoms with Gasteiger partial charge in [0.05, 0.1) is 0 Å². The molecule has 6 aromatic carbocycles. The Labute approximate surface area is 452 Å². The zero-order valence-corrected chi connectivity index (χ0v) is 47.2. The van der Waals surface area contributed by atoms with Gasteiger partial charge in [0.1, 0.15) is 6.29 Å². The molecule has 0 aliphatic heterocycles. The molecule has 3 aliphatic carbocycles. The van der Waals surface area contributed by atoms with Gasteiger partial charge in [0.15, 0.2) is 0 Å². The van der Waals surface area contributed by atoms with Gasteiger partial charge < -0.3 is 16.0 Å². The average molecular weight is 1000 g/mol. The van der Waals surface area contributed by atoms with Crippen LogP contribution in [0.3, 0.4) is 0 Å². The molecule has 0 unspecified atom stereocenters. The fourth-order valence-electron chi connectivity index (χ4n) is 9.82. The topological polar surface area (TPSA) is 75.4 Å². The molecule has 1 amide bonds. The Balaban J connectivity index is 0.000000173. The Morgan fingerprint density at radius 3 is 1.35 bits per heavy atom. The van der Waals surface area contributed by atoms with Crippen molar-refractivity contribution in [2.45, 2.75) is 150 Å². The summed E-state index contributed by atoms with van der Waals surface area (Å²) in [6, 6.07) is 51.4. The molecule has 0 aromatic heterocycles. The molecule has 3 aliphatic rings. The molecule has 6 aromatic rings. The number of carbonyl (C=O) groups excluding carboxylic acids is 2. The van der Waals surface area contributed by atoms with E-state index < -0.39 is 0 Å². The van der Waals surface area contributed by atoms with Gasteiger partial charge in [0, 0.05) is 31.6 Å². The Morgan fingerprint density at radius 2 is 0.933 bits per heavy atom. The summed E-state index contributed by atoms with van der Waals surface area (Å²) in [5, 5.41) is 3.58. The first kappa shape index (κ1) is 57.9. The predicted molar refractivity (Wildman–Crippen MR) is 320 cm³/mol. The van der Waals surface area contributed by atoms with Crippen LogP contribution in [0.4, 0.5) is 0 Å². The summed E-state index contributed by atoms with van der Waals surface area (Å²) in [7, 11) is 0. The molecule has 0 radical (unpaired) electrons. The number of carbonyl (C=O) groups is 2. The van der Waals surface area contributed by atoms with Crippen LogP contribution in [0.25, 0.3) is 16.7 Å². The number of benzene rings is 6. The van der Waals surface area contributed by atoms with Gasteiger partial charge in [0.2, 0.25) is 5.91 Å². The lowest BCUT2D eigenvalue weighted by Gasteiger charge is -2.24. The zero-order chi connectivity index (χ0) is 54.0. The highest BCUT2D eigenvalue weighted by Gasteiger charge is 2.20. The van der Waals surface area contributed by atoms with Crippen LogP contribution in [0.1, 0.15) is 173 Å². The molecule has 5 heteroatoms. The number of aldehydes is 1. The maximum atomic E-state index is 12.7. The Morgan fingerprint density at radius 1 is 0.533 bits per heavy atom. The normalized spacial score (nSPS) is 13.2. The fraction of sp³-hybridized carbons (Fsp3) is 0.371. The van der Waals surface area contributed by atoms with E-state index in [1.54, 1.807) is 0 Å². The maximum absolute atomic E-state index is 12.7. The van der Waals surface area contributed by atoms with Crippen molar-refractivity contribution in [1.29, 1.82) is 0 Å². The number of allylic oxidation sites excluding steroid dienone is 3. The molecule has 0 atom stereocenters. The lowest BCUT2D eigenvalue weighted by molar-refractivity contribution is -0.131. The number of rotatable bonds is 15. The van der Waals surface area contributed by atoms with Crippen molar-refractivity contribution in [2.24, 2.45) is 5.73 Å². The predicted octanol–water partition coefficient (Wildman–Crippen LogP) is 16.0. The summed E-state index contributed by atoms with van der Waals surface area (Å²) < 4.78 is 0. The largest absolute Gasteiger partial charge is 0.338 e. The number of hydrogen-bond donors (Lipinski definition) is 2. The summed E-state index contributed by atoms with van der Waals surface area (Å²) in [5.41, 5.74) is 26.2. The highest BCUT2D eigenvalue weighted by Crippen LogP contribution is 2.32. The average Bonchev–Trinajstić information content (AvgIpc) is 4.14. The number of nitrogens with zero attached hydrogens (tertiary/aromatic N) is 1. The minimum Gasteiger partial charge on any atom is -0.338 e. The Kier molecular flexibility index (Phi) is 21.1. The van der Waals surface area contributed by atoms with E-state index in [-0.39, 0.29) is 22.2 Å². The van der Waals surface area contributed by atoms with Gasteiger partial charge in [-0.1, -0.05) is 233 Å². The third-order valence-corrected chi connectivity index (χ3v) is 14.5. The SMILES string of the molecule is CC(C)(C)c1ccc(C=O)cc1.CC(C)(C)c1ccc(CNCCC2=CCc3ccccc32)cc1.CCCC(=O)N(CCC1=CCc2ccccc21)Cc1ccc(C(C)(C)C)cc1.NCCC1=CCc2ccccc21. The molecule has 0 saturated heterocycles. The minimum atomic E-state index is 0.151. The van der Waals surface area contributed by atoms with Crippen LogP contribution in [-0.2, 0) is 53.4 Å². The van der Waals surface area contributed by atoms with Crippen molar-refractivity contribution in [3.05, 3.63) is 231 Å². The molecule has 5 nitrogen and oxygen atoms in total. The van der Waals surface area contributed by atoms with Crippen LogP contribution < -0.4 is 11.1 Å². The second kappa shape index (κ2) is 27.4. The van der Waals surface area contributed by atoms with Crippen LogP contribution in [0.5, 0.6) is 0 Å². The zero-order valence-electron chi connectivity index (χ0n) is 47.2. The number of amides is 1. The molecule has 75 heavy (non-hydrogen) atoms. The standard InChI is InChI=1S/C26H33NO.C22H27N.C11H13N.C11H14O/c1-5-8-25(28)27(19-20-11-15-23(16-12-20)26(2,3)4)18-17-22-14-13-21-9-6-7-10-24(21)22;1-22(2,3)20-12-8-17(9-13-20)16-23-15-14-19-11-10-18-6-4-5-7-21(18)19;12-8-7-10-6-5-9-3-1-2-4-11(9)10;1-11(2,3)10-6-4-9(8-12)5-7-10/h6-7,9-12,14-16H,5,8,13,17-19H2,1-4H3;4-9,11-13,23H,10,14-16H2,1-3H3;1-4,6H,5,7-8,12H2;4-8H,1-3H3. The molecule has 0 heterocycles. The summed E-state index contributed by atoms with van der Waals surface area (Å²) in [5.74, 6) is 0.259. The summed E-state index contributed by atoms with van der Waals surface area (Å²) in [4.78, 5) is 25.1. The van der Waals surface area contributed by atoms with Gasteiger partial charge in [-0.05, 0) is 152 Å². The lowest BCUT2D eigenvalue weighted by Crippen LogP contribution is -2.31. The van der Waals surface area contributed by atoms with Crippen molar-refractivity contribution >= 4 is 28.9 Å². The van der Waals surface area contributed by atoms with Crippen molar-refractivity contribution in [1.82, 2.24) is 10.2 Å². The molecule has 394 valence electrons. The monoisotopic (exact) mass is 1000 g/mol. The minimum absolute atomic E-state index is 0.151. The van der Waals surface area contributed by atoms with Crippen LogP contribution in [0.15, 0.2) is 164 Å². The number of nitrogens with one attached hydrogen (secondary N) is 1. The van der Waals surface area contributed by atoms with E-state index in [1.165, 1.54) is 77.9 Å². The quantitative estimate of drug-likeness (QED) is 0.0794. The molecule has 9 rings (SSSR count). The van der Waals surface area contributed by atoms with Gasteiger partial charge in [-0.15, -0.1) is 0 Å². The second-order valence-corrected chi connectivity index (χ2v) is 23.4. The fourth-order valence-corrected chi connectivity index (χ4v) is 9.82. The van der Waals surface area contributed by atoms with Gasteiger partial charge >= 0.3 is 0 Å². The first-order valence-electron chi connectivity index (χ1n) is 27.6. The molecular weight excluding hydrogens is 915 g/mol. The van der Waals surface area contributed by atoms with Crippen LogP contribution in [0.2, 0.25) is 0 Å². The Hall–Kier alpha value is -6.40. The van der Waals surface area contributed by atoms with Crippen molar-refractivity contribution in [3.63, 3.8) is 0 Å². The maximum Gasteiger partial charge on any atom is 0.222 e. The van der Waals surface area contributed by atoms with E-state index in [0.29, 0.717) is 13.0 Å². The van der Waals surface area contributed by atoms with E-state index in [2.05, 4.69) is 214 Å². The second-order valence-electron chi connectivity index (χ2n) is 23.4. The molecule has 0 saturated carbocycles. The van der Waals surface area contributed by atoms with E-state index >= 15 is 0 Å². The highest BCUT2D eigenvalue weighted by atomic mass is 16.2. The Bertz CT molecular complexity index is 2860. The third kappa shape index (κ3) is 17.3. The van der Waals surface area contributed by atoms with E-state index in [1.807, 2.05) is 29.2 Å². The third-order valence-electron chi connectivity index (χ3n) is 14.5. The summed E-state index contributed by atoms with van der Waals surface area (Å²) in [6.45, 7) is 26.2. The molecular formula is C70H87N3O2. The van der Waals surface area contributed by atoms with E-state index in [9.17, 15) is 9.59 Å². The summed E-state index contributed by atoms with van der Waals surface area (Å²) in [6.07, 6.45) is 15.6. The van der Waals surface area contributed by atoms with Crippen molar-refractivity contribution < 1.29 is 9.59 Å². The summed E-state index contributed by atoms with van der Waals surface area (Å²) >= 11 is 0. The van der Waals surface area contributed by atoms with E-state index in [0.717, 1.165) is 83.0 Å². The van der Waals surface area contributed by atoms with Gasteiger partial charge in [-0.3, -0.25) is 9.59 Å². The molecule has 3 N–H and O–H groups in total.